The zero-order chi connectivity index (χ0) is 42.5. The minimum atomic E-state index is -0.700. The summed E-state index contributed by atoms with van der Waals surface area (Å²) in [4.78, 5) is 62.7. The average Bonchev–Trinajstić information content (AvgIpc) is 3.97. The summed E-state index contributed by atoms with van der Waals surface area (Å²) in [5.41, 5.74) is 1.22. The third-order valence-electron chi connectivity index (χ3n) is 13.9. The van der Waals surface area contributed by atoms with Crippen LogP contribution >= 0.6 is 12.6 Å². The van der Waals surface area contributed by atoms with Gasteiger partial charge in [0, 0.05) is 46.2 Å². The van der Waals surface area contributed by atoms with Crippen molar-refractivity contribution in [3.63, 3.8) is 0 Å². The number of amides is 3. The number of thiol groups is 1. The highest BCUT2D eigenvalue weighted by Crippen LogP contribution is 2.43. The summed E-state index contributed by atoms with van der Waals surface area (Å²) in [6, 6.07) is 9.18. The maximum atomic E-state index is 14.6. The van der Waals surface area contributed by atoms with Crippen molar-refractivity contribution in [2.24, 2.45) is 29.6 Å². The van der Waals surface area contributed by atoms with Crippen molar-refractivity contribution < 1.29 is 28.7 Å². The van der Waals surface area contributed by atoms with Gasteiger partial charge in [-0.2, -0.15) is 12.6 Å². The zero-order valence-electron chi connectivity index (χ0n) is 37.4. The molecule has 1 aromatic rings. The fraction of sp³-hybridized carbons (Fsp3) is 0.787. The number of likely N-dealkylation sites (tertiary alicyclic amines) is 2. The van der Waals surface area contributed by atoms with Gasteiger partial charge in [-0.05, 0) is 92.9 Å². The topological polar surface area (TPSA) is 108 Å². The average molecular weight is 827 g/mol. The molecule has 2 saturated heterocycles. The molecular formula is C47H78N4O6S. The Labute approximate surface area is 356 Å². The Hall–Kier alpha value is -2.47. The van der Waals surface area contributed by atoms with Crippen LogP contribution in [0.3, 0.4) is 0 Å². The van der Waals surface area contributed by atoms with Crippen LogP contribution in [0.1, 0.15) is 124 Å². The number of nitrogens with one attached hydrogen (secondary N) is 1. The van der Waals surface area contributed by atoms with E-state index in [1.165, 1.54) is 5.56 Å². The van der Waals surface area contributed by atoms with Gasteiger partial charge in [0.25, 0.3) is 0 Å². The fourth-order valence-electron chi connectivity index (χ4n) is 10.5. The Morgan fingerprint density at radius 2 is 1.64 bits per heavy atom. The number of hydrogen-bond acceptors (Lipinski definition) is 8. The van der Waals surface area contributed by atoms with Crippen LogP contribution in [0.25, 0.3) is 0 Å². The maximum Gasteiger partial charge on any atom is 0.245 e. The Bertz CT molecular complexity index is 1450. The van der Waals surface area contributed by atoms with Gasteiger partial charge < -0.3 is 24.6 Å². The summed E-state index contributed by atoms with van der Waals surface area (Å²) in [6.07, 6.45) is 10.5. The van der Waals surface area contributed by atoms with Crippen LogP contribution in [0.2, 0.25) is 0 Å². The number of benzene rings is 1. The third-order valence-corrected chi connectivity index (χ3v) is 14.2. The van der Waals surface area contributed by atoms with Crippen molar-refractivity contribution in [1.29, 1.82) is 0 Å². The van der Waals surface area contributed by atoms with Gasteiger partial charge in [-0.25, -0.2) is 0 Å². The quantitative estimate of drug-likeness (QED) is 0.0792. The summed E-state index contributed by atoms with van der Waals surface area (Å²) in [5, 5.41) is 3.25. The first-order chi connectivity index (χ1) is 27.8. The van der Waals surface area contributed by atoms with E-state index in [0.29, 0.717) is 24.9 Å². The lowest BCUT2D eigenvalue weighted by Crippen LogP contribution is -2.60. The zero-order valence-corrected chi connectivity index (χ0v) is 38.3. The molecule has 3 amide bonds. The molecule has 0 aromatic heterocycles. The number of likely N-dealkylation sites (N-methyl/N-ethyl adjacent to an activating group) is 1. The first-order valence-electron chi connectivity index (χ1n) is 22.6. The van der Waals surface area contributed by atoms with E-state index in [1.807, 2.05) is 43.9 Å². The van der Waals surface area contributed by atoms with E-state index in [2.05, 4.69) is 55.7 Å². The number of ketones is 1. The molecule has 0 spiro atoms. The summed E-state index contributed by atoms with van der Waals surface area (Å²) in [6.45, 7) is 13.7. The molecule has 2 heterocycles. The van der Waals surface area contributed by atoms with Gasteiger partial charge >= 0.3 is 0 Å². The van der Waals surface area contributed by atoms with E-state index >= 15 is 0 Å². The molecule has 10 nitrogen and oxygen atoms in total. The lowest BCUT2D eigenvalue weighted by atomic mass is 9.86. The molecule has 11 atom stereocenters. The van der Waals surface area contributed by atoms with E-state index in [4.69, 9.17) is 9.47 Å². The largest absolute Gasteiger partial charge is 0.379 e. The molecule has 4 rings (SSSR count). The minimum absolute atomic E-state index is 0.0236. The van der Waals surface area contributed by atoms with Crippen molar-refractivity contribution >= 4 is 36.1 Å². The van der Waals surface area contributed by atoms with Gasteiger partial charge in [0.2, 0.25) is 17.7 Å². The van der Waals surface area contributed by atoms with Gasteiger partial charge in [-0.1, -0.05) is 91.1 Å². The lowest BCUT2D eigenvalue weighted by molar-refractivity contribution is -0.148. The molecule has 0 unspecified atom stereocenters. The van der Waals surface area contributed by atoms with Crippen LogP contribution < -0.4 is 5.32 Å². The number of fused-ring (bicyclic) bond motifs is 2. The number of Topliss-reactive ketones (excluding diaryl/α,β-unsaturated/α-hetero) is 1. The van der Waals surface area contributed by atoms with E-state index < -0.39 is 24.3 Å². The van der Waals surface area contributed by atoms with E-state index in [9.17, 15) is 19.2 Å². The second kappa shape index (κ2) is 23.5. The summed E-state index contributed by atoms with van der Waals surface area (Å²) < 4.78 is 12.2. The maximum absolute atomic E-state index is 14.6. The van der Waals surface area contributed by atoms with Crippen LogP contribution in [-0.2, 0) is 35.1 Å². The number of unbranched alkanes of at least 4 members (excludes halogenated alkanes) is 3. The van der Waals surface area contributed by atoms with E-state index in [0.717, 1.165) is 82.9 Å². The Morgan fingerprint density at radius 1 is 0.931 bits per heavy atom. The Kier molecular flexibility index (Phi) is 19.5. The van der Waals surface area contributed by atoms with Gasteiger partial charge in [0.1, 0.15) is 11.8 Å². The number of piperidine rings is 1. The van der Waals surface area contributed by atoms with Gasteiger partial charge in [-0.15, -0.1) is 0 Å². The van der Waals surface area contributed by atoms with Crippen LogP contribution in [0, 0.1) is 29.6 Å². The second-order valence-corrected chi connectivity index (χ2v) is 18.8. The molecule has 2 bridgehead atoms. The predicted molar refractivity (Wildman–Crippen MR) is 236 cm³/mol. The monoisotopic (exact) mass is 827 g/mol. The fourth-order valence-corrected chi connectivity index (χ4v) is 10.7. The summed E-state index contributed by atoms with van der Waals surface area (Å²) in [7, 11) is 5.06. The molecule has 1 N–H and O–H groups in total. The number of methoxy groups -OCH3 is 2. The predicted octanol–water partition coefficient (Wildman–Crippen LogP) is 7.23. The number of ether oxygens (including phenoxy) is 2. The van der Waals surface area contributed by atoms with Crippen molar-refractivity contribution in [3.05, 3.63) is 35.9 Å². The van der Waals surface area contributed by atoms with Crippen molar-refractivity contribution in [1.82, 2.24) is 20.0 Å². The van der Waals surface area contributed by atoms with Crippen LogP contribution in [-0.4, -0.2) is 121 Å². The van der Waals surface area contributed by atoms with Gasteiger partial charge in [0.05, 0.1) is 36.8 Å². The number of nitrogens with zero attached hydrogens (tertiary/aromatic N) is 3. The standard InChI is InChI=1S/C47H78N4O6S/c1-10-33(5)43(49(7)47(55)42(31(2)3)48-46(54)44-36-22-23-37(29-36)50(44)24-16-11-12-17-26-58)40(56-8)30-41(53)51-25-18-21-38(51)45(57-9)34(6)39(52)28-32(4)27-35-19-14-13-15-20-35/h13-15,19-20,31-34,36-38,40,42-45,58H,10-12,16-18,21-30H2,1-9H3,(H,48,54)/t32-,33+,34+,36+,37+,38+,40-,42+,43+,44+,45-/m1/s1. The molecule has 2 aliphatic heterocycles. The first kappa shape index (κ1) is 48.2. The number of hydrogen-bond donors (Lipinski definition) is 2. The smallest absolute Gasteiger partial charge is 0.245 e. The highest BCUT2D eigenvalue weighted by atomic mass is 32.1. The van der Waals surface area contributed by atoms with Crippen molar-refractivity contribution in [2.75, 3.05) is 40.1 Å². The Balaban J connectivity index is 1.43. The van der Waals surface area contributed by atoms with E-state index in [1.54, 1.807) is 26.2 Å². The third kappa shape index (κ3) is 12.3. The second-order valence-electron chi connectivity index (χ2n) is 18.3. The SMILES string of the molecule is CC[C@H](C)[C@@H]([C@@H](CC(=O)N1CCC[C@H]1[C@H](OC)[C@@H](C)C(=O)C[C@H](C)Cc1ccccc1)OC)N(C)C(=O)[C@@H](NC(=O)[C@@H]1[C@H]2CC[C@@H](C2)N1CCCCCCS)C(C)C. The molecule has 3 aliphatic rings. The normalized spacial score (nSPS) is 24.3. The van der Waals surface area contributed by atoms with Gasteiger partial charge in [0.15, 0.2) is 0 Å². The van der Waals surface area contributed by atoms with E-state index in [-0.39, 0.29) is 65.7 Å². The van der Waals surface area contributed by atoms with Crippen LogP contribution in [0.15, 0.2) is 30.3 Å². The molecule has 11 heteroatoms. The summed E-state index contributed by atoms with van der Waals surface area (Å²) in [5.74, 6) is 0.860. The van der Waals surface area contributed by atoms with Crippen LogP contribution in [0.5, 0.6) is 0 Å². The molecule has 1 aliphatic carbocycles. The van der Waals surface area contributed by atoms with Crippen molar-refractivity contribution in [2.45, 2.75) is 167 Å². The Morgan fingerprint density at radius 3 is 2.28 bits per heavy atom. The first-order valence-corrected chi connectivity index (χ1v) is 23.3. The molecule has 0 radical (unpaired) electrons. The highest BCUT2D eigenvalue weighted by molar-refractivity contribution is 7.80. The minimum Gasteiger partial charge on any atom is -0.379 e. The summed E-state index contributed by atoms with van der Waals surface area (Å²) >= 11 is 4.35. The van der Waals surface area contributed by atoms with Crippen LogP contribution in [0.4, 0.5) is 0 Å². The number of rotatable bonds is 25. The molecule has 328 valence electrons. The van der Waals surface area contributed by atoms with Crippen molar-refractivity contribution in [3.8, 4) is 0 Å². The molecule has 1 aromatic carbocycles. The molecule has 3 fully saturated rings. The highest BCUT2D eigenvalue weighted by Gasteiger charge is 2.50. The molecule has 1 saturated carbocycles. The number of carbonyl (C=O) groups excluding carboxylic acids is 4. The number of carbonyl (C=O) groups is 4. The van der Waals surface area contributed by atoms with Gasteiger partial charge in [-0.3, -0.25) is 24.1 Å². The molecular weight excluding hydrogens is 749 g/mol. The lowest BCUT2D eigenvalue weighted by Gasteiger charge is -2.41. The molecule has 58 heavy (non-hydrogen) atoms.